The number of phenolic OH excluding ortho intramolecular Hbond substituents is 1. The second kappa shape index (κ2) is 17.3. The van der Waals surface area contributed by atoms with Crippen LogP contribution in [0.4, 0.5) is 4.79 Å². The van der Waals surface area contributed by atoms with E-state index in [1.807, 2.05) is 0 Å². The zero-order valence-electron chi connectivity index (χ0n) is 24.3. The van der Waals surface area contributed by atoms with E-state index in [-0.39, 0.29) is 31.0 Å². The Morgan fingerprint density at radius 1 is 0.974 bits per heavy atom. The van der Waals surface area contributed by atoms with E-state index < -0.39 is 35.6 Å². The summed E-state index contributed by atoms with van der Waals surface area (Å²) in [6.45, 7) is 9.98. The zero-order valence-corrected chi connectivity index (χ0v) is 24.3. The molecule has 0 aliphatic rings. The third kappa shape index (κ3) is 13.4. The normalized spacial score (nSPS) is 12.7. The smallest absolute Gasteiger partial charge is 0.408 e. The number of alkyl carbamates (subject to hydrolysis) is 1. The molecule has 0 fully saturated rings. The number of ether oxygens (including phenoxy) is 1. The number of benzene rings is 1. The highest BCUT2D eigenvalue weighted by Crippen LogP contribution is 2.26. The van der Waals surface area contributed by atoms with Crippen LogP contribution in [0, 0.1) is 0 Å². The fourth-order valence-electron chi connectivity index (χ4n) is 4.08. The van der Waals surface area contributed by atoms with E-state index in [4.69, 9.17) is 10.5 Å². The lowest BCUT2D eigenvalue weighted by molar-refractivity contribution is -0.142. The van der Waals surface area contributed by atoms with Crippen molar-refractivity contribution >= 4 is 23.8 Å². The maximum absolute atomic E-state index is 14.1. The number of nitrogens with zero attached hydrogens (tertiary/aromatic N) is 1. The summed E-state index contributed by atoms with van der Waals surface area (Å²) in [6, 6.07) is 4.02. The Bertz CT molecular complexity index is 913. The van der Waals surface area contributed by atoms with Gasteiger partial charge in [0, 0.05) is 19.5 Å². The summed E-state index contributed by atoms with van der Waals surface area (Å²) >= 11 is 0. The largest absolute Gasteiger partial charge is 0.508 e. The SMILES string of the molecule is CCCCCCN(C(=O)C(CCC(N)=O)NC(=O)OC(C)(C)C)C(C(=O)NCCCCC)c1ccc(O)cc1. The molecule has 1 aromatic carbocycles. The highest BCUT2D eigenvalue weighted by Gasteiger charge is 2.36. The van der Waals surface area contributed by atoms with Crippen molar-refractivity contribution in [1.82, 2.24) is 15.5 Å². The summed E-state index contributed by atoms with van der Waals surface area (Å²) in [5, 5.41) is 15.4. The highest BCUT2D eigenvalue weighted by molar-refractivity contribution is 5.92. The number of carbonyl (C=O) groups is 4. The van der Waals surface area contributed by atoms with Crippen molar-refractivity contribution in [1.29, 1.82) is 0 Å². The molecule has 2 atom stereocenters. The topological polar surface area (TPSA) is 151 Å². The van der Waals surface area contributed by atoms with Crippen molar-refractivity contribution in [3.05, 3.63) is 29.8 Å². The Labute approximate surface area is 233 Å². The standard InChI is InChI=1S/C29H48N4O6/c1-6-8-10-12-20-33(27(37)23(17-18-24(30)35)32-28(38)39-29(3,4)5)25(21-13-15-22(34)16-14-21)26(36)31-19-11-9-7-2/h13-16,23,25,34H,6-12,17-20H2,1-5H3,(H2,30,35)(H,31,36)(H,32,38). The van der Waals surface area contributed by atoms with Crippen LogP contribution in [-0.4, -0.2) is 58.6 Å². The minimum atomic E-state index is -1.13. The number of primary amides is 1. The van der Waals surface area contributed by atoms with Crippen LogP contribution < -0.4 is 16.4 Å². The molecule has 0 bridgehead atoms. The van der Waals surface area contributed by atoms with Crippen molar-refractivity contribution in [3.8, 4) is 5.75 Å². The Hall–Kier alpha value is -3.30. The maximum atomic E-state index is 14.1. The third-order valence-corrected chi connectivity index (χ3v) is 6.05. The van der Waals surface area contributed by atoms with Crippen molar-refractivity contribution in [2.24, 2.45) is 5.73 Å². The lowest BCUT2D eigenvalue weighted by Gasteiger charge is -2.34. The van der Waals surface area contributed by atoms with E-state index in [2.05, 4.69) is 24.5 Å². The molecule has 1 aromatic rings. The molecule has 39 heavy (non-hydrogen) atoms. The summed E-state index contributed by atoms with van der Waals surface area (Å²) in [4.78, 5) is 53.3. The van der Waals surface area contributed by atoms with E-state index in [1.54, 1.807) is 32.9 Å². The summed E-state index contributed by atoms with van der Waals surface area (Å²) in [5.74, 6) is -1.45. The molecule has 0 spiro atoms. The Balaban J connectivity index is 3.43. The van der Waals surface area contributed by atoms with Gasteiger partial charge in [0.15, 0.2) is 0 Å². The fourth-order valence-corrected chi connectivity index (χ4v) is 4.08. The van der Waals surface area contributed by atoms with Crippen LogP contribution in [0.1, 0.15) is 104 Å². The van der Waals surface area contributed by atoms with Gasteiger partial charge in [-0.15, -0.1) is 0 Å². The van der Waals surface area contributed by atoms with Crippen LogP contribution in [-0.2, 0) is 19.1 Å². The fraction of sp³-hybridized carbons (Fsp3) is 0.655. The van der Waals surface area contributed by atoms with Gasteiger partial charge >= 0.3 is 6.09 Å². The van der Waals surface area contributed by atoms with Gasteiger partial charge in [0.05, 0.1) is 0 Å². The van der Waals surface area contributed by atoms with E-state index >= 15 is 0 Å². The average molecular weight is 549 g/mol. The molecule has 0 aliphatic heterocycles. The first-order chi connectivity index (χ1) is 18.4. The van der Waals surface area contributed by atoms with Crippen LogP contribution in [0.2, 0.25) is 0 Å². The van der Waals surface area contributed by atoms with E-state index in [1.165, 1.54) is 17.0 Å². The number of rotatable bonds is 17. The molecule has 0 saturated carbocycles. The highest BCUT2D eigenvalue weighted by atomic mass is 16.6. The van der Waals surface area contributed by atoms with Crippen LogP contribution in [0.3, 0.4) is 0 Å². The molecule has 10 heteroatoms. The van der Waals surface area contributed by atoms with E-state index in [9.17, 15) is 24.3 Å². The number of nitrogens with one attached hydrogen (secondary N) is 2. The van der Waals surface area contributed by atoms with Crippen LogP contribution in [0.5, 0.6) is 5.75 Å². The number of amides is 4. The average Bonchev–Trinajstić information content (AvgIpc) is 2.85. The molecule has 0 heterocycles. The maximum Gasteiger partial charge on any atom is 0.408 e. The first kappa shape index (κ1) is 33.7. The summed E-state index contributed by atoms with van der Waals surface area (Å²) in [5.41, 5.74) is 5.09. The van der Waals surface area contributed by atoms with Crippen LogP contribution >= 0.6 is 0 Å². The van der Waals surface area contributed by atoms with Gasteiger partial charge in [-0.05, 0) is 57.7 Å². The third-order valence-electron chi connectivity index (χ3n) is 6.05. The van der Waals surface area contributed by atoms with Crippen molar-refractivity contribution in [2.75, 3.05) is 13.1 Å². The lowest BCUT2D eigenvalue weighted by Crippen LogP contribution is -2.53. The van der Waals surface area contributed by atoms with Gasteiger partial charge < -0.3 is 31.1 Å². The van der Waals surface area contributed by atoms with Gasteiger partial charge in [-0.3, -0.25) is 14.4 Å². The molecule has 4 amide bonds. The van der Waals surface area contributed by atoms with Gasteiger partial charge in [0.25, 0.3) is 0 Å². The summed E-state index contributed by atoms with van der Waals surface area (Å²) in [6.07, 6.45) is 5.24. The first-order valence-corrected chi connectivity index (χ1v) is 14.0. The van der Waals surface area contributed by atoms with E-state index in [0.29, 0.717) is 18.5 Å². The van der Waals surface area contributed by atoms with Crippen molar-refractivity contribution < 1.29 is 29.0 Å². The second-order valence-electron chi connectivity index (χ2n) is 10.8. The predicted molar refractivity (Wildman–Crippen MR) is 151 cm³/mol. The molecule has 1 rings (SSSR count). The molecule has 0 aliphatic carbocycles. The number of hydrogen-bond donors (Lipinski definition) is 4. The Kier molecular flexibility index (Phi) is 15.0. The van der Waals surface area contributed by atoms with Crippen molar-refractivity contribution in [3.63, 3.8) is 0 Å². The molecule has 220 valence electrons. The first-order valence-electron chi connectivity index (χ1n) is 14.0. The van der Waals surface area contributed by atoms with E-state index in [0.717, 1.165) is 38.5 Å². The minimum absolute atomic E-state index is 0.0348. The van der Waals surface area contributed by atoms with Crippen molar-refractivity contribution in [2.45, 2.75) is 110 Å². The van der Waals surface area contributed by atoms with Gasteiger partial charge in [-0.2, -0.15) is 0 Å². The molecule has 0 radical (unpaired) electrons. The molecule has 5 N–H and O–H groups in total. The summed E-state index contributed by atoms with van der Waals surface area (Å²) < 4.78 is 5.36. The predicted octanol–water partition coefficient (Wildman–Crippen LogP) is 4.31. The second-order valence-corrected chi connectivity index (χ2v) is 10.8. The van der Waals surface area contributed by atoms with Gasteiger partial charge in [-0.25, -0.2) is 4.79 Å². The van der Waals surface area contributed by atoms with Gasteiger partial charge in [0.2, 0.25) is 17.7 Å². The lowest BCUT2D eigenvalue weighted by atomic mass is 10.0. The monoisotopic (exact) mass is 548 g/mol. The summed E-state index contributed by atoms with van der Waals surface area (Å²) in [7, 11) is 0. The number of aromatic hydroxyl groups is 1. The number of phenols is 1. The number of unbranched alkanes of at least 4 members (excludes halogenated alkanes) is 5. The molecular weight excluding hydrogens is 500 g/mol. The molecule has 10 nitrogen and oxygen atoms in total. The van der Waals surface area contributed by atoms with Gasteiger partial charge in [0.1, 0.15) is 23.4 Å². The Morgan fingerprint density at radius 3 is 2.15 bits per heavy atom. The molecule has 0 aromatic heterocycles. The number of hydrogen-bond acceptors (Lipinski definition) is 6. The van der Waals surface area contributed by atoms with Crippen LogP contribution in [0.25, 0.3) is 0 Å². The Morgan fingerprint density at radius 2 is 1.59 bits per heavy atom. The quantitative estimate of drug-likeness (QED) is 0.213. The minimum Gasteiger partial charge on any atom is -0.508 e. The zero-order chi connectivity index (χ0) is 29.4. The van der Waals surface area contributed by atoms with Crippen LogP contribution in [0.15, 0.2) is 24.3 Å². The van der Waals surface area contributed by atoms with Gasteiger partial charge in [-0.1, -0.05) is 58.1 Å². The molecular formula is C29H48N4O6. The number of carbonyl (C=O) groups excluding carboxylic acids is 4. The molecule has 2 unspecified atom stereocenters. The molecule has 0 saturated heterocycles. The number of nitrogens with two attached hydrogens (primary N) is 1.